The summed E-state index contributed by atoms with van der Waals surface area (Å²) >= 11 is 6.02. The van der Waals surface area contributed by atoms with Gasteiger partial charge < -0.3 is 10.6 Å². The van der Waals surface area contributed by atoms with Crippen LogP contribution in [0.25, 0.3) is 0 Å². The summed E-state index contributed by atoms with van der Waals surface area (Å²) < 4.78 is 27.8. The van der Waals surface area contributed by atoms with Gasteiger partial charge in [-0.3, -0.25) is 14.3 Å². The molecule has 0 bridgehead atoms. The molecular weight excluding hydrogens is 426 g/mol. The van der Waals surface area contributed by atoms with Crippen molar-refractivity contribution in [3.8, 4) is 0 Å². The number of hydrogen-bond donors (Lipinski definition) is 3. The smallest absolute Gasteiger partial charge is 0.261 e. The molecule has 154 valence electrons. The Balaban J connectivity index is 1.80. The molecule has 0 heterocycles. The number of nitrogens with one attached hydrogen (secondary N) is 3. The number of benzene rings is 3. The average Bonchev–Trinajstić information content (AvgIpc) is 2.69. The van der Waals surface area contributed by atoms with Gasteiger partial charge in [-0.1, -0.05) is 35.9 Å². The Hall–Kier alpha value is -3.36. The van der Waals surface area contributed by atoms with E-state index in [2.05, 4.69) is 15.4 Å². The standard InChI is InChI=1S/C21H18ClN3O4S/c1-14(26)23-16-7-5-8-17(13-16)24-21(27)15-6-4-9-18(12-15)30(28,29)25-20-11-3-2-10-19(20)22/h2-13,25H,1H3,(H,23,26)(H,24,27). The Morgan fingerprint density at radius 2 is 1.50 bits per heavy atom. The van der Waals surface area contributed by atoms with Crippen LogP contribution in [0.3, 0.4) is 0 Å². The van der Waals surface area contributed by atoms with E-state index in [9.17, 15) is 18.0 Å². The van der Waals surface area contributed by atoms with Gasteiger partial charge in [-0.25, -0.2) is 8.42 Å². The lowest BCUT2D eigenvalue weighted by molar-refractivity contribution is -0.114. The maximum absolute atomic E-state index is 12.7. The molecule has 0 spiro atoms. The molecule has 7 nitrogen and oxygen atoms in total. The molecule has 0 fully saturated rings. The number of rotatable bonds is 6. The third-order valence-corrected chi connectivity index (χ3v) is 5.66. The molecule has 0 aliphatic carbocycles. The summed E-state index contributed by atoms with van der Waals surface area (Å²) in [7, 11) is -3.95. The fraction of sp³-hybridized carbons (Fsp3) is 0.0476. The Kier molecular flexibility index (Phi) is 6.39. The molecule has 9 heteroatoms. The zero-order chi connectivity index (χ0) is 21.7. The number of carbonyl (C=O) groups is 2. The number of halogens is 1. The highest BCUT2D eigenvalue weighted by atomic mass is 35.5. The van der Waals surface area contributed by atoms with Gasteiger partial charge in [0.15, 0.2) is 0 Å². The lowest BCUT2D eigenvalue weighted by Gasteiger charge is -2.11. The van der Waals surface area contributed by atoms with Crippen LogP contribution in [0.15, 0.2) is 77.7 Å². The van der Waals surface area contributed by atoms with E-state index in [1.807, 2.05) is 0 Å². The minimum Gasteiger partial charge on any atom is -0.326 e. The molecule has 0 saturated carbocycles. The fourth-order valence-electron chi connectivity index (χ4n) is 2.63. The third kappa shape index (κ3) is 5.37. The first-order chi connectivity index (χ1) is 14.2. The zero-order valence-corrected chi connectivity index (χ0v) is 17.4. The average molecular weight is 444 g/mol. The van der Waals surface area contributed by atoms with Crippen molar-refractivity contribution >= 4 is 50.5 Å². The van der Waals surface area contributed by atoms with E-state index in [-0.39, 0.29) is 27.1 Å². The minimum atomic E-state index is -3.95. The Bertz CT molecular complexity index is 1210. The van der Waals surface area contributed by atoms with Crippen LogP contribution in [0.1, 0.15) is 17.3 Å². The SMILES string of the molecule is CC(=O)Nc1cccc(NC(=O)c2cccc(S(=O)(=O)Nc3ccccc3Cl)c2)c1. The summed E-state index contributed by atoms with van der Waals surface area (Å²) in [6, 6.07) is 18.7. The summed E-state index contributed by atoms with van der Waals surface area (Å²) in [6.07, 6.45) is 0. The molecule has 2 amide bonds. The molecule has 0 saturated heterocycles. The van der Waals surface area contributed by atoms with E-state index in [1.54, 1.807) is 48.5 Å². The van der Waals surface area contributed by atoms with E-state index in [4.69, 9.17) is 11.6 Å². The van der Waals surface area contributed by atoms with Crippen LogP contribution >= 0.6 is 11.6 Å². The number of para-hydroxylation sites is 1. The highest BCUT2D eigenvalue weighted by Crippen LogP contribution is 2.24. The molecule has 3 aromatic rings. The molecule has 3 aromatic carbocycles. The molecule has 3 rings (SSSR count). The second kappa shape index (κ2) is 8.98. The van der Waals surface area contributed by atoms with E-state index in [1.165, 1.54) is 31.2 Å². The van der Waals surface area contributed by atoms with E-state index < -0.39 is 15.9 Å². The van der Waals surface area contributed by atoms with Crippen molar-refractivity contribution in [1.82, 2.24) is 0 Å². The monoisotopic (exact) mass is 443 g/mol. The number of carbonyl (C=O) groups excluding carboxylic acids is 2. The molecule has 0 radical (unpaired) electrons. The molecule has 0 aliphatic rings. The molecular formula is C21H18ClN3O4S. The normalized spacial score (nSPS) is 10.9. The Morgan fingerprint density at radius 3 is 2.20 bits per heavy atom. The van der Waals surface area contributed by atoms with E-state index >= 15 is 0 Å². The first kappa shape index (κ1) is 21.4. The van der Waals surface area contributed by atoms with Crippen molar-refractivity contribution in [2.24, 2.45) is 0 Å². The summed E-state index contributed by atoms with van der Waals surface area (Å²) in [6.45, 7) is 1.38. The van der Waals surface area contributed by atoms with Gasteiger partial charge in [0, 0.05) is 23.9 Å². The molecule has 0 unspecified atom stereocenters. The van der Waals surface area contributed by atoms with Crippen molar-refractivity contribution in [1.29, 1.82) is 0 Å². The van der Waals surface area contributed by atoms with Gasteiger partial charge in [0.05, 0.1) is 15.6 Å². The lowest BCUT2D eigenvalue weighted by atomic mass is 10.2. The predicted octanol–water partition coefficient (Wildman–Crippen LogP) is 4.35. The van der Waals surface area contributed by atoms with Crippen molar-refractivity contribution < 1.29 is 18.0 Å². The van der Waals surface area contributed by atoms with Crippen LogP contribution in [-0.4, -0.2) is 20.2 Å². The van der Waals surface area contributed by atoms with Crippen LogP contribution < -0.4 is 15.4 Å². The van der Waals surface area contributed by atoms with Crippen molar-refractivity contribution in [3.63, 3.8) is 0 Å². The van der Waals surface area contributed by atoms with Crippen LogP contribution in [-0.2, 0) is 14.8 Å². The largest absolute Gasteiger partial charge is 0.326 e. The van der Waals surface area contributed by atoms with Crippen LogP contribution in [0.2, 0.25) is 5.02 Å². The van der Waals surface area contributed by atoms with E-state index in [0.29, 0.717) is 11.4 Å². The Labute approximate surface area is 179 Å². The predicted molar refractivity (Wildman–Crippen MR) is 117 cm³/mol. The van der Waals surface area contributed by atoms with Gasteiger partial charge in [-0.15, -0.1) is 0 Å². The highest BCUT2D eigenvalue weighted by molar-refractivity contribution is 7.92. The topological polar surface area (TPSA) is 104 Å². The van der Waals surface area contributed by atoms with Gasteiger partial charge in [-0.2, -0.15) is 0 Å². The first-order valence-electron chi connectivity index (χ1n) is 8.81. The fourth-order valence-corrected chi connectivity index (χ4v) is 4.00. The van der Waals surface area contributed by atoms with Gasteiger partial charge in [0.1, 0.15) is 0 Å². The van der Waals surface area contributed by atoms with Crippen molar-refractivity contribution in [2.45, 2.75) is 11.8 Å². The maximum Gasteiger partial charge on any atom is 0.261 e. The number of hydrogen-bond acceptors (Lipinski definition) is 4. The van der Waals surface area contributed by atoms with Gasteiger partial charge in [0.25, 0.3) is 15.9 Å². The van der Waals surface area contributed by atoms with Gasteiger partial charge in [0.2, 0.25) is 5.91 Å². The quantitative estimate of drug-likeness (QED) is 0.526. The van der Waals surface area contributed by atoms with Crippen LogP contribution in [0.4, 0.5) is 17.1 Å². The third-order valence-electron chi connectivity index (χ3n) is 3.97. The number of anilines is 3. The van der Waals surface area contributed by atoms with Crippen LogP contribution in [0.5, 0.6) is 0 Å². The first-order valence-corrected chi connectivity index (χ1v) is 10.7. The second-order valence-electron chi connectivity index (χ2n) is 6.33. The maximum atomic E-state index is 12.7. The van der Waals surface area contributed by atoms with Crippen molar-refractivity contribution in [2.75, 3.05) is 15.4 Å². The molecule has 0 atom stereocenters. The molecule has 30 heavy (non-hydrogen) atoms. The summed E-state index contributed by atoms with van der Waals surface area (Å²) in [5.74, 6) is -0.729. The second-order valence-corrected chi connectivity index (χ2v) is 8.42. The molecule has 0 aliphatic heterocycles. The highest BCUT2D eigenvalue weighted by Gasteiger charge is 2.18. The van der Waals surface area contributed by atoms with Gasteiger partial charge in [-0.05, 0) is 48.5 Å². The summed E-state index contributed by atoms with van der Waals surface area (Å²) in [5, 5.41) is 5.57. The molecule has 3 N–H and O–H groups in total. The minimum absolute atomic E-state index is 0.0814. The number of sulfonamides is 1. The zero-order valence-electron chi connectivity index (χ0n) is 15.8. The molecule has 0 aromatic heterocycles. The summed E-state index contributed by atoms with van der Waals surface area (Å²) in [5.41, 5.74) is 1.38. The van der Waals surface area contributed by atoms with Crippen molar-refractivity contribution in [3.05, 3.63) is 83.4 Å². The number of amides is 2. The summed E-state index contributed by atoms with van der Waals surface area (Å²) in [4.78, 5) is 23.7. The Morgan fingerprint density at radius 1 is 0.833 bits per heavy atom. The van der Waals surface area contributed by atoms with Crippen LogP contribution in [0, 0.1) is 0 Å². The lowest BCUT2D eigenvalue weighted by Crippen LogP contribution is -2.16. The van der Waals surface area contributed by atoms with E-state index in [0.717, 1.165) is 0 Å². The van der Waals surface area contributed by atoms with Gasteiger partial charge >= 0.3 is 0 Å².